The van der Waals surface area contributed by atoms with Crippen molar-refractivity contribution in [2.75, 3.05) is 40.6 Å². The standard InChI is InChI=1S/C25H29N5O3/c1-28-15-23-26-27-24(19-4-6-20(31-2)7-5-19)30(23)25(16-28)9-11-29(12-10-25)14-18-3-8-21-22(13-18)33-17-32-21/h3-8,13H,9-12,14-17H2,1-2H3. The lowest BCUT2D eigenvalue weighted by Gasteiger charge is -2.48. The molecule has 3 aliphatic rings. The Morgan fingerprint density at radius 2 is 1.79 bits per heavy atom. The summed E-state index contributed by atoms with van der Waals surface area (Å²) >= 11 is 0. The molecule has 1 saturated heterocycles. The molecule has 4 heterocycles. The van der Waals surface area contributed by atoms with Crippen molar-refractivity contribution in [3.05, 3.63) is 53.9 Å². The number of hydrogen-bond donors (Lipinski definition) is 0. The first kappa shape index (κ1) is 20.5. The number of fused-ring (bicyclic) bond motifs is 3. The van der Waals surface area contributed by atoms with Gasteiger partial charge in [0.1, 0.15) is 11.6 Å². The number of likely N-dealkylation sites (N-methyl/N-ethyl adjacent to an activating group) is 1. The highest BCUT2D eigenvalue weighted by Gasteiger charge is 2.43. The molecule has 0 amide bonds. The number of benzene rings is 2. The van der Waals surface area contributed by atoms with Crippen LogP contribution in [-0.2, 0) is 18.6 Å². The normalized spacial score (nSPS) is 19.6. The summed E-state index contributed by atoms with van der Waals surface area (Å²) in [7, 11) is 3.88. The third kappa shape index (κ3) is 3.63. The minimum Gasteiger partial charge on any atom is -0.497 e. The maximum atomic E-state index is 5.56. The van der Waals surface area contributed by atoms with Crippen molar-refractivity contribution in [1.82, 2.24) is 24.6 Å². The Hall–Kier alpha value is -3.10. The zero-order chi connectivity index (χ0) is 22.4. The summed E-state index contributed by atoms with van der Waals surface area (Å²) in [5, 5.41) is 9.23. The van der Waals surface area contributed by atoms with Crippen LogP contribution in [0.25, 0.3) is 11.4 Å². The molecule has 0 atom stereocenters. The number of methoxy groups -OCH3 is 1. The summed E-state index contributed by atoms with van der Waals surface area (Å²) in [6.07, 6.45) is 2.13. The molecule has 172 valence electrons. The molecule has 8 heteroatoms. The van der Waals surface area contributed by atoms with Gasteiger partial charge in [0.25, 0.3) is 0 Å². The number of nitrogens with zero attached hydrogens (tertiary/aromatic N) is 5. The van der Waals surface area contributed by atoms with Gasteiger partial charge >= 0.3 is 0 Å². The SMILES string of the molecule is COc1ccc(-c2nnc3n2C2(CCN(Cc4ccc5c(c4)OCO5)CC2)CN(C)C3)cc1. The smallest absolute Gasteiger partial charge is 0.231 e. The van der Waals surface area contributed by atoms with Crippen molar-refractivity contribution >= 4 is 0 Å². The largest absolute Gasteiger partial charge is 0.497 e. The molecule has 0 aliphatic carbocycles. The van der Waals surface area contributed by atoms with Crippen LogP contribution in [0.3, 0.4) is 0 Å². The Morgan fingerprint density at radius 3 is 2.58 bits per heavy atom. The molecule has 8 nitrogen and oxygen atoms in total. The first-order chi connectivity index (χ1) is 16.1. The van der Waals surface area contributed by atoms with Crippen molar-refractivity contribution < 1.29 is 14.2 Å². The molecular weight excluding hydrogens is 418 g/mol. The third-order valence-corrected chi connectivity index (χ3v) is 7.16. The summed E-state index contributed by atoms with van der Waals surface area (Å²) in [5.41, 5.74) is 2.35. The first-order valence-corrected chi connectivity index (χ1v) is 11.5. The summed E-state index contributed by atoms with van der Waals surface area (Å²) in [6, 6.07) is 14.4. The van der Waals surface area contributed by atoms with Gasteiger partial charge in [-0.15, -0.1) is 10.2 Å². The molecule has 6 rings (SSSR count). The number of aromatic nitrogens is 3. The van der Waals surface area contributed by atoms with E-state index in [0.717, 1.165) is 80.0 Å². The molecule has 3 aromatic rings. The van der Waals surface area contributed by atoms with E-state index in [4.69, 9.17) is 14.2 Å². The minimum atomic E-state index is 0.00643. The zero-order valence-electron chi connectivity index (χ0n) is 19.2. The predicted molar refractivity (Wildman–Crippen MR) is 123 cm³/mol. The zero-order valence-corrected chi connectivity index (χ0v) is 19.2. The van der Waals surface area contributed by atoms with Gasteiger partial charge in [-0.25, -0.2) is 0 Å². The van der Waals surface area contributed by atoms with E-state index in [1.165, 1.54) is 5.56 Å². The van der Waals surface area contributed by atoms with Crippen LogP contribution in [0.2, 0.25) is 0 Å². The van der Waals surface area contributed by atoms with Crippen molar-refractivity contribution in [1.29, 1.82) is 0 Å². The lowest BCUT2D eigenvalue weighted by Crippen LogP contribution is -2.55. The van der Waals surface area contributed by atoms with E-state index in [2.05, 4.69) is 55.9 Å². The van der Waals surface area contributed by atoms with Crippen molar-refractivity contribution in [3.8, 4) is 28.6 Å². The molecule has 3 aliphatic heterocycles. The second-order valence-electron chi connectivity index (χ2n) is 9.36. The van der Waals surface area contributed by atoms with Gasteiger partial charge in [0.05, 0.1) is 19.2 Å². The first-order valence-electron chi connectivity index (χ1n) is 11.5. The van der Waals surface area contributed by atoms with Gasteiger partial charge in [0.15, 0.2) is 17.3 Å². The number of ether oxygens (including phenoxy) is 3. The highest BCUT2D eigenvalue weighted by atomic mass is 16.7. The molecule has 0 bridgehead atoms. The molecule has 2 aromatic carbocycles. The fraction of sp³-hybridized carbons (Fsp3) is 0.440. The maximum Gasteiger partial charge on any atom is 0.231 e. The Balaban J connectivity index is 1.24. The fourth-order valence-corrected chi connectivity index (χ4v) is 5.52. The quantitative estimate of drug-likeness (QED) is 0.609. The van der Waals surface area contributed by atoms with E-state index in [-0.39, 0.29) is 5.54 Å². The van der Waals surface area contributed by atoms with Crippen LogP contribution in [0.5, 0.6) is 17.2 Å². The van der Waals surface area contributed by atoms with Gasteiger partial charge in [0, 0.05) is 31.7 Å². The van der Waals surface area contributed by atoms with Crippen LogP contribution in [0.15, 0.2) is 42.5 Å². The van der Waals surface area contributed by atoms with Gasteiger partial charge in [-0.1, -0.05) is 6.07 Å². The molecule has 0 radical (unpaired) electrons. The monoisotopic (exact) mass is 447 g/mol. The Bertz CT molecular complexity index is 1150. The summed E-state index contributed by atoms with van der Waals surface area (Å²) in [5.74, 6) is 4.56. The minimum absolute atomic E-state index is 0.00643. The van der Waals surface area contributed by atoms with Crippen molar-refractivity contribution in [2.45, 2.75) is 31.5 Å². The van der Waals surface area contributed by atoms with Gasteiger partial charge < -0.3 is 18.8 Å². The Kier molecular flexibility index (Phi) is 4.99. The van der Waals surface area contributed by atoms with E-state index in [1.54, 1.807) is 7.11 Å². The maximum absolute atomic E-state index is 5.56. The van der Waals surface area contributed by atoms with Crippen LogP contribution in [-0.4, -0.2) is 65.1 Å². The summed E-state index contributed by atoms with van der Waals surface area (Å²) in [4.78, 5) is 4.92. The number of piperidine rings is 1. The van der Waals surface area contributed by atoms with Crippen LogP contribution in [0.1, 0.15) is 24.2 Å². The fourth-order valence-electron chi connectivity index (χ4n) is 5.52. The van der Waals surface area contributed by atoms with Crippen molar-refractivity contribution in [3.63, 3.8) is 0 Å². The molecule has 1 aromatic heterocycles. The van der Waals surface area contributed by atoms with Gasteiger partial charge in [-0.2, -0.15) is 0 Å². The molecular formula is C25H29N5O3. The van der Waals surface area contributed by atoms with Crippen molar-refractivity contribution in [2.24, 2.45) is 0 Å². The Labute approximate surface area is 193 Å². The lowest BCUT2D eigenvalue weighted by molar-refractivity contribution is 0.0490. The average molecular weight is 448 g/mol. The molecule has 1 spiro atoms. The predicted octanol–water partition coefficient (Wildman–Crippen LogP) is 3.12. The van der Waals surface area contributed by atoms with E-state index < -0.39 is 0 Å². The second kappa shape index (κ2) is 8.04. The highest BCUT2D eigenvalue weighted by molar-refractivity contribution is 5.57. The molecule has 1 fully saturated rings. The molecule has 0 saturated carbocycles. The third-order valence-electron chi connectivity index (χ3n) is 7.16. The number of hydrogen-bond acceptors (Lipinski definition) is 7. The van der Waals surface area contributed by atoms with Gasteiger partial charge in [-0.3, -0.25) is 9.80 Å². The number of rotatable bonds is 4. The van der Waals surface area contributed by atoms with E-state index in [1.807, 2.05) is 18.2 Å². The highest BCUT2D eigenvalue weighted by Crippen LogP contribution is 2.40. The average Bonchev–Trinajstić information content (AvgIpc) is 3.48. The van der Waals surface area contributed by atoms with Crippen LogP contribution in [0.4, 0.5) is 0 Å². The molecule has 0 unspecified atom stereocenters. The molecule has 0 N–H and O–H groups in total. The van der Waals surface area contributed by atoms with E-state index in [0.29, 0.717) is 6.79 Å². The van der Waals surface area contributed by atoms with E-state index >= 15 is 0 Å². The summed E-state index contributed by atoms with van der Waals surface area (Å²) in [6.45, 7) is 5.13. The Morgan fingerprint density at radius 1 is 1.00 bits per heavy atom. The number of likely N-dealkylation sites (tertiary alicyclic amines) is 1. The van der Waals surface area contributed by atoms with Crippen LogP contribution in [0, 0.1) is 0 Å². The topological polar surface area (TPSA) is 64.9 Å². The van der Waals surface area contributed by atoms with E-state index in [9.17, 15) is 0 Å². The van der Waals surface area contributed by atoms with Gasteiger partial charge in [-0.05, 0) is 61.9 Å². The lowest BCUT2D eigenvalue weighted by atomic mass is 9.84. The van der Waals surface area contributed by atoms with Crippen LogP contribution >= 0.6 is 0 Å². The van der Waals surface area contributed by atoms with Crippen LogP contribution < -0.4 is 14.2 Å². The second-order valence-corrected chi connectivity index (χ2v) is 9.36. The van der Waals surface area contributed by atoms with Gasteiger partial charge in [0.2, 0.25) is 6.79 Å². The summed E-state index contributed by atoms with van der Waals surface area (Å²) < 4.78 is 18.8. The molecule has 33 heavy (non-hydrogen) atoms.